The van der Waals surface area contributed by atoms with E-state index in [-0.39, 0.29) is 30.2 Å². The number of carboxylic acid groups (broad SMARTS) is 1. The van der Waals surface area contributed by atoms with Crippen LogP contribution < -0.4 is 21.4 Å². The summed E-state index contributed by atoms with van der Waals surface area (Å²) < 4.78 is 6.77. The number of carboxylic acids is 1. The topological polar surface area (TPSA) is 191 Å². The molecule has 0 fully saturated rings. The van der Waals surface area contributed by atoms with Crippen LogP contribution in [0.1, 0.15) is 35.5 Å². The predicted molar refractivity (Wildman–Crippen MR) is 106 cm³/mol. The van der Waals surface area contributed by atoms with Crippen LogP contribution in [0.15, 0.2) is 29.4 Å². The zero-order chi connectivity index (χ0) is 22.1. The van der Waals surface area contributed by atoms with E-state index in [9.17, 15) is 19.7 Å². The Balaban J connectivity index is 1.74. The highest BCUT2D eigenvalue weighted by atomic mass is 16.5. The second-order valence-corrected chi connectivity index (χ2v) is 7.35. The van der Waals surface area contributed by atoms with Crippen LogP contribution >= 0.6 is 0 Å². The maximum atomic E-state index is 12.9. The van der Waals surface area contributed by atoms with Crippen LogP contribution in [-0.2, 0) is 23.3 Å². The molecule has 1 atom stereocenters. The number of amides is 1. The highest BCUT2D eigenvalue weighted by Gasteiger charge is 2.41. The van der Waals surface area contributed by atoms with Crippen LogP contribution in [0.4, 0.5) is 0 Å². The first-order valence-electron chi connectivity index (χ1n) is 9.07. The molecule has 1 aromatic carbocycles. The van der Waals surface area contributed by atoms with Crippen LogP contribution in [0.2, 0.25) is 0 Å². The van der Waals surface area contributed by atoms with Gasteiger partial charge in [0.2, 0.25) is 5.91 Å². The Labute approximate surface area is 172 Å². The molecule has 1 amide bonds. The molecular weight excluding hydrogens is 393 g/mol. The summed E-state index contributed by atoms with van der Waals surface area (Å²) in [6.07, 6.45) is 1.75. The van der Waals surface area contributed by atoms with Gasteiger partial charge in [-0.05, 0) is 31.9 Å². The highest BCUT2D eigenvalue weighted by Crippen LogP contribution is 2.30. The van der Waals surface area contributed by atoms with E-state index in [1.807, 2.05) is 0 Å². The lowest BCUT2D eigenvalue weighted by molar-refractivity contribution is -0.129. The Morgan fingerprint density at radius 2 is 2.17 bits per heavy atom. The third-order valence-electron chi connectivity index (χ3n) is 4.76. The van der Waals surface area contributed by atoms with Crippen molar-refractivity contribution < 1.29 is 24.4 Å². The molecule has 13 heteroatoms. The minimum atomic E-state index is -1.41. The van der Waals surface area contributed by atoms with Crippen molar-refractivity contribution in [3.8, 4) is 5.75 Å². The zero-order valence-corrected chi connectivity index (χ0v) is 16.4. The van der Waals surface area contributed by atoms with Gasteiger partial charge in [0.05, 0.1) is 24.2 Å². The predicted octanol–water partition coefficient (Wildman–Crippen LogP) is -1.38. The molecule has 7 N–H and O–H groups in total. The van der Waals surface area contributed by atoms with Gasteiger partial charge in [0.1, 0.15) is 17.0 Å². The number of nitrogens with two attached hydrogens (primary N) is 2. The third-order valence-corrected chi connectivity index (χ3v) is 4.76. The summed E-state index contributed by atoms with van der Waals surface area (Å²) in [6.45, 7) is 3.39. The first-order chi connectivity index (χ1) is 14.1. The van der Waals surface area contributed by atoms with Crippen LogP contribution in [-0.4, -0.2) is 56.0 Å². The molecular formula is C17H22BN7O5. The molecule has 0 radical (unpaired) electrons. The molecule has 1 aliphatic rings. The van der Waals surface area contributed by atoms with Crippen molar-refractivity contribution in [2.24, 2.45) is 16.5 Å². The van der Waals surface area contributed by atoms with Crippen molar-refractivity contribution in [2.75, 3.05) is 0 Å². The van der Waals surface area contributed by atoms with Crippen molar-refractivity contribution in [2.45, 2.75) is 38.3 Å². The SMILES string of the molecule is CC(C)(C(=O)NC1Cc2cccc(C(=O)O)c2OB1O)n1cc(CN=C(N)N)nn1. The van der Waals surface area contributed by atoms with Crippen LogP contribution in [0, 0.1) is 0 Å². The molecule has 1 aliphatic heterocycles. The Hall–Kier alpha value is -3.61. The fourth-order valence-electron chi connectivity index (χ4n) is 2.98. The number of fused-ring (bicyclic) bond motifs is 1. The number of nitrogens with one attached hydrogen (secondary N) is 1. The van der Waals surface area contributed by atoms with E-state index in [4.69, 9.17) is 16.1 Å². The summed E-state index contributed by atoms with van der Waals surface area (Å²) in [7, 11) is -1.41. The van der Waals surface area contributed by atoms with Gasteiger partial charge in [0, 0.05) is 0 Å². The normalized spacial score (nSPS) is 15.7. The molecule has 158 valence electrons. The maximum absolute atomic E-state index is 12.9. The van der Waals surface area contributed by atoms with E-state index in [1.165, 1.54) is 10.7 Å². The van der Waals surface area contributed by atoms with E-state index < -0.39 is 30.5 Å². The summed E-state index contributed by atoms with van der Waals surface area (Å²) in [4.78, 5) is 28.1. The molecule has 12 nitrogen and oxygen atoms in total. The fourth-order valence-corrected chi connectivity index (χ4v) is 2.98. The van der Waals surface area contributed by atoms with Gasteiger partial charge in [-0.15, -0.1) is 5.10 Å². The summed E-state index contributed by atoms with van der Waals surface area (Å²) in [6, 6.07) is 4.66. The average molecular weight is 415 g/mol. The molecule has 0 spiro atoms. The molecule has 0 bridgehead atoms. The summed E-state index contributed by atoms with van der Waals surface area (Å²) >= 11 is 0. The standard InChI is InChI=1S/C17H22BN7O5/c1-17(2,25-8-10(23-24-25)7-21-16(19)20)15(28)22-12-6-9-4-3-5-11(14(26)27)13(9)30-18(12)29/h3-5,8,12,29H,6-7H2,1-2H3,(H,22,28)(H,26,27)(H4,19,20,21). The largest absolute Gasteiger partial charge is 0.547 e. The molecule has 1 unspecified atom stereocenters. The van der Waals surface area contributed by atoms with Gasteiger partial charge in [-0.3, -0.25) is 4.79 Å². The Bertz CT molecular complexity index is 1000. The second-order valence-electron chi connectivity index (χ2n) is 7.35. The molecule has 0 aliphatic carbocycles. The number of aliphatic imine (C=N–C) groups is 1. The van der Waals surface area contributed by atoms with Crippen molar-refractivity contribution in [1.82, 2.24) is 20.3 Å². The summed E-state index contributed by atoms with van der Waals surface area (Å²) in [5.74, 6) is -2.36. The minimum Gasteiger partial charge on any atom is -0.534 e. The van der Waals surface area contributed by atoms with Crippen molar-refractivity contribution in [3.05, 3.63) is 41.2 Å². The number of hydrogen-bond acceptors (Lipinski definition) is 7. The van der Waals surface area contributed by atoms with Gasteiger partial charge in [0.25, 0.3) is 0 Å². The van der Waals surface area contributed by atoms with Gasteiger partial charge >= 0.3 is 13.1 Å². The number of aromatic carboxylic acids is 1. The Kier molecular flexibility index (Phi) is 5.65. The number of aromatic nitrogens is 3. The van der Waals surface area contributed by atoms with E-state index in [2.05, 4.69) is 20.6 Å². The molecule has 0 saturated heterocycles. The van der Waals surface area contributed by atoms with E-state index in [0.29, 0.717) is 11.3 Å². The average Bonchev–Trinajstić information content (AvgIpc) is 3.16. The number of hydrogen-bond donors (Lipinski definition) is 5. The first-order valence-corrected chi connectivity index (χ1v) is 9.07. The molecule has 0 saturated carbocycles. The molecule has 30 heavy (non-hydrogen) atoms. The zero-order valence-electron chi connectivity index (χ0n) is 16.4. The third kappa shape index (κ3) is 4.20. The minimum absolute atomic E-state index is 0.0485. The molecule has 2 heterocycles. The van der Waals surface area contributed by atoms with Crippen LogP contribution in [0.3, 0.4) is 0 Å². The lowest BCUT2D eigenvalue weighted by atomic mass is 9.72. The van der Waals surface area contributed by atoms with E-state index in [1.54, 1.807) is 32.2 Å². The lowest BCUT2D eigenvalue weighted by Crippen LogP contribution is -2.57. The van der Waals surface area contributed by atoms with E-state index in [0.717, 1.165) is 0 Å². The van der Waals surface area contributed by atoms with E-state index >= 15 is 0 Å². The first kappa shape index (κ1) is 21.1. The smallest absolute Gasteiger partial charge is 0.534 e. The summed E-state index contributed by atoms with van der Waals surface area (Å²) in [5.41, 5.74) is 10.4. The number of carbonyl (C=O) groups excluding carboxylic acids is 1. The van der Waals surface area contributed by atoms with Gasteiger partial charge in [-0.25, -0.2) is 14.5 Å². The van der Waals surface area contributed by atoms with Crippen LogP contribution in [0.5, 0.6) is 5.75 Å². The molecule has 1 aromatic heterocycles. The second kappa shape index (κ2) is 8.03. The highest BCUT2D eigenvalue weighted by molar-refractivity contribution is 6.47. The number of carbonyl (C=O) groups is 2. The van der Waals surface area contributed by atoms with Crippen molar-refractivity contribution in [1.29, 1.82) is 0 Å². The quantitative estimate of drug-likeness (QED) is 0.215. The number of para-hydroxylation sites is 1. The summed E-state index contributed by atoms with van der Waals surface area (Å²) in [5, 5.41) is 30.2. The van der Waals surface area contributed by atoms with Gasteiger partial charge < -0.3 is 31.6 Å². The molecule has 2 aromatic rings. The molecule has 3 rings (SSSR count). The van der Waals surface area contributed by atoms with Crippen molar-refractivity contribution in [3.63, 3.8) is 0 Å². The van der Waals surface area contributed by atoms with Gasteiger partial charge in [0.15, 0.2) is 5.96 Å². The van der Waals surface area contributed by atoms with Crippen LogP contribution in [0.25, 0.3) is 0 Å². The van der Waals surface area contributed by atoms with Crippen molar-refractivity contribution >= 4 is 25.0 Å². The number of guanidine groups is 1. The van der Waals surface area contributed by atoms with Gasteiger partial charge in [-0.1, -0.05) is 17.3 Å². The number of benzene rings is 1. The number of nitrogens with zero attached hydrogens (tertiary/aromatic N) is 4. The Morgan fingerprint density at radius 3 is 2.83 bits per heavy atom. The fraction of sp³-hybridized carbons (Fsp3) is 0.353. The lowest BCUT2D eigenvalue weighted by Gasteiger charge is -2.31. The Morgan fingerprint density at radius 1 is 1.43 bits per heavy atom. The van der Waals surface area contributed by atoms with Gasteiger partial charge in [-0.2, -0.15) is 0 Å². The monoisotopic (exact) mass is 415 g/mol. The maximum Gasteiger partial charge on any atom is 0.547 e. The number of rotatable bonds is 6.